The molecule has 0 bridgehead atoms. The minimum absolute atomic E-state index is 0.155. The quantitative estimate of drug-likeness (QED) is 0.433. The van der Waals surface area contributed by atoms with Gasteiger partial charge in [0.05, 0.1) is 0 Å². The highest BCUT2D eigenvalue weighted by Crippen LogP contribution is 2.27. The van der Waals surface area contributed by atoms with Crippen molar-refractivity contribution in [2.45, 2.75) is 51.0 Å². The number of unbranched alkanes of at least 4 members (excludes halogenated alkanes) is 2. The zero-order chi connectivity index (χ0) is 19.4. The van der Waals surface area contributed by atoms with Gasteiger partial charge in [0.15, 0.2) is 0 Å². The van der Waals surface area contributed by atoms with Crippen molar-refractivity contribution in [1.29, 1.82) is 0 Å². The predicted molar refractivity (Wildman–Crippen MR) is 110 cm³/mol. The Labute approximate surface area is 161 Å². The number of amides is 1. The number of carbonyl (C=O) groups is 2. The average molecular weight is 378 g/mol. The molecule has 144 valence electrons. The molecule has 0 aromatic heterocycles. The monoisotopic (exact) mass is 377 g/mol. The van der Waals surface area contributed by atoms with E-state index < -0.39 is 11.5 Å². The number of carboxylic acid groups (broad SMARTS) is 1. The van der Waals surface area contributed by atoms with Crippen LogP contribution in [0.3, 0.4) is 0 Å². The lowest BCUT2D eigenvalue weighted by Gasteiger charge is -2.38. The van der Waals surface area contributed by atoms with Crippen LogP contribution in [0.25, 0.3) is 0 Å². The van der Waals surface area contributed by atoms with Gasteiger partial charge in [-0.05, 0) is 30.4 Å². The van der Waals surface area contributed by atoms with E-state index in [9.17, 15) is 14.7 Å². The van der Waals surface area contributed by atoms with Crippen LogP contribution in [0.4, 0.5) is 0 Å². The summed E-state index contributed by atoms with van der Waals surface area (Å²) in [6.07, 6.45) is 9.96. The molecule has 0 aliphatic carbocycles. The van der Waals surface area contributed by atoms with E-state index in [0.717, 1.165) is 24.8 Å². The first-order valence-electron chi connectivity index (χ1n) is 9.16. The molecule has 5 heteroatoms. The minimum Gasteiger partial charge on any atom is -0.479 e. The van der Waals surface area contributed by atoms with Gasteiger partial charge in [0.1, 0.15) is 5.54 Å². The van der Waals surface area contributed by atoms with Gasteiger partial charge in [-0.2, -0.15) is 11.8 Å². The SMILES string of the molecule is CCCC/C=C/CC(=O)N(C)[C@@](CCSC)(Cc1ccccc1)C(=O)O. The first kappa shape index (κ1) is 22.3. The van der Waals surface area contributed by atoms with E-state index in [1.54, 1.807) is 18.8 Å². The van der Waals surface area contributed by atoms with Crippen LogP contribution in [-0.4, -0.2) is 46.5 Å². The fourth-order valence-corrected chi connectivity index (χ4v) is 3.45. The second kappa shape index (κ2) is 11.8. The summed E-state index contributed by atoms with van der Waals surface area (Å²) in [6, 6.07) is 9.53. The molecule has 0 heterocycles. The topological polar surface area (TPSA) is 57.6 Å². The van der Waals surface area contributed by atoms with Gasteiger partial charge in [-0.15, -0.1) is 0 Å². The Morgan fingerprint density at radius 3 is 2.50 bits per heavy atom. The van der Waals surface area contributed by atoms with Crippen LogP contribution in [0.1, 0.15) is 44.6 Å². The van der Waals surface area contributed by atoms with Gasteiger partial charge >= 0.3 is 5.97 Å². The van der Waals surface area contributed by atoms with E-state index in [4.69, 9.17) is 0 Å². The summed E-state index contributed by atoms with van der Waals surface area (Å²) in [5.74, 6) is -0.415. The summed E-state index contributed by atoms with van der Waals surface area (Å²) < 4.78 is 0. The number of thioether (sulfide) groups is 1. The molecular formula is C21H31NO3S. The van der Waals surface area contributed by atoms with Crippen molar-refractivity contribution in [2.75, 3.05) is 19.1 Å². The fourth-order valence-electron chi connectivity index (χ4n) is 2.90. The number of hydrogen-bond acceptors (Lipinski definition) is 3. The molecule has 1 rings (SSSR count). The van der Waals surface area contributed by atoms with Crippen molar-refractivity contribution in [3.63, 3.8) is 0 Å². The third-order valence-electron chi connectivity index (χ3n) is 4.66. The Morgan fingerprint density at radius 2 is 1.92 bits per heavy atom. The maximum absolute atomic E-state index is 12.7. The molecule has 1 aromatic rings. The van der Waals surface area contributed by atoms with E-state index in [1.807, 2.05) is 48.7 Å². The number of likely N-dealkylation sites (N-methyl/N-ethyl adjacent to an activating group) is 1. The second-order valence-electron chi connectivity index (χ2n) is 6.51. The van der Waals surface area contributed by atoms with E-state index in [-0.39, 0.29) is 12.3 Å². The highest BCUT2D eigenvalue weighted by Gasteiger charge is 2.44. The highest BCUT2D eigenvalue weighted by atomic mass is 32.2. The largest absolute Gasteiger partial charge is 0.479 e. The molecule has 0 aliphatic rings. The van der Waals surface area contributed by atoms with E-state index in [0.29, 0.717) is 18.6 Å². The van der Waals surface area contributed by atoms with Crippen LogP contribution in [0.15, 0.2) is 42.5 Å². The van der Waals surface area contributed by atoms with Crippen molar-refractivity contribution in [3.05, 3.63) is 48.0 Å². The van der Waals surface area contributed by atoms with Gasteiger partial charge < -0.3 is 10.0 Å². The number of rotatable bonds is 12. The molecule has 0 radical (unpaired) electrons. The number of carbonyl (C=O) groups excluding carboxylic acids is 1. The zero-order valence-electron chi connectivity index (χ0n) is 16.1. The lowest BCUT2D eigenvalue weighted by molar-refractivity contribution is -0.157. The summed E-state index contributed by atoms with van der Waals surface area (Å²) >= 11 is 1.60. The molecule has 4 nitrogen and oxygen atoms in total. The van der Waals surface area contributed by atoms with E-state index in [1.165, 1.54) is 4.90 Å². The molecule has 1 atom stereocenters. The third-order valence-corrected chi connectivity index (χ3v) is 5.27. The number of carboxylic acids is 1. The molecule has 26 heavy (non-hydrogen) atoms. The first-order valence-corrected chi connectivity index (χ1v) is 10.5. The first-order chi connectivity index (χ1) is 12.5. The van der Waals surface area contributed by atoms with Crippen molar-refractivity contribution < 1.29 is 14.7 Å². The van der Waals surface area contributed by atoms with Gasteiger partial charge in [0, 0.05) is 19.9 Å². The maximum atomic E-state index is 12.7. The lowest BCUT2D eigenvalue weighted by atomic mass is 9.86. The molecule has 1 aromatic carbocycles. The Hall–Kier alpha value is -1.75. The Bertz CT molecular complexity index is 588. The van der Waals surface area contributed by atoms with Gasteiger partial charge in [-0.3, -0.25) is 4.79 Å². The molecule has 0 saturated heterocycles. The van der Waals surface area contributed by atoms with Crippen LogP contribution in [0, 0.1) is 0 Å². The van der Waals surface area contributed by atoms with Crippen molar-refractivity contribution in [2.24, 2.45) is 0 Å². The molecule has 0 saturated carbocycles. The van der Waals surface area contributed by atoms with Crippen molar-refractivity contribution in [3.8, 4) is 0 Å². The number of benzene rings is 1. The normalized spacial score (nSPS) is 13.5. The second-order valence-corrected chi connectivity index (χ2v) is 7.50. The van der Waals surface area contributed by atoms with Gasteiger partial charge in [-0.25, -0.2) is 4.79 Å². The Kier molecular flexibility index (Phi) is 10.1. The molecule has 1 amide bonds. The van der Waals surface area contributed by atoms with Crippen molar-refractivity contribution >= 4 is 23.6 Å². The molecular weight excluding hydrogens is 346 g/mol. The summed E-state index contributed by atoms with van der Waals surface area (Å²) in [7, 11) is 1.62. The van der Waals surface area contributed by atoms with Gasteiger partial charge in [-0.1, -0.05) is 62.2 Å². The van der Waals surface area contributed by atoms with Crippen LogP contribution >= 0.6 is 11.8 Å². The van der Waals surface area contributed by atoms with Gasteiger partial charge in [0.25, 0.3) is 0 Å². The molecule has 0 aliphatic heterocycles. The summed E-state index contributed by atoms with van der Waals surface area (Å²) in [5, 5.41) is 10.1. The lowest BCUT2D eigenvalue weighted by Crippen LogP contribution is -2.57. The van der Waals surface area contributed by atoms with E-state index >= 15 is 0 Å². The standard InChI is InChI=1S/C21H31NO3S/c1-4-5-6-7-11-14-19(23)22(2)21(20(24)25,15-16-26-3)17-18-12-9-8-10-13-18/h7-13H,4-6,14-17H2,1-3H3,(H,24,25)/b11-7+/t21-/m0/s1. The minimum atomic E-state index is -1.22. The maximum Gasteiger partial charge on any atom is 0.329 e. The van der Waals surface area contributed by atoms with Crippen LogP contribution < -0.4 is 0 Å². The third kappa shape index (κ3) is 6.52. The molecule has 0 unspecified atom stereocenters. The Balaban J connectivity index is 2.99. The zero-order valence-corrected chi connectivity index (χ0v) is 16.9. The molecule has 0 spiro atoms. The number of aliphatic carboxylic acids is 1. The summed E-state index contributed by atoms with van der Waals surface area (Å²) in [5.41, 5.74) is -0.298. The van der Waals surface area contributed by atoms with Crippen LogP contribution in [-0.2, 0) is 16.0 Å². The van der Waals surface area contributed by atoms with Gasteiger partial charge in [0.2, 0.25) is 5.91 Å². The summed E-state index contributed by atoms with van der Waals surface area (Å²) in [4.78, 5) is 26.4. The highest BCUT2D eigenvalue weighted by molar-refractivity contribution is 7.98. The molecule has 1 N–H and O–H groups in total. The van der Waals surface area contributed by atoms with E-state index in [2.05, 4.69) is 6.92 Å². The summed E-state index contributed by atoms with van der Waals surface area (Å²) in [6.45, 7) is 2.13. The molecule has 0 fully saturated rings. The smallest absolute Gasteiger partial charge is 0.329 e. The fraction of sp³-hybridized carbons (Fsp3) is 0.524. The number of nitrogens with zero attached hydrogens (tertiary/aromatic N) is 1. The van der Waals surface area contributed by atoms with Crippen LogP contribution in [0.2, 0.25) is 0 Å². The van der Waals surface area contributed by atoms with Crippen molar-refractivity contribution in [1.82, 2.24) is 4.90 Å². The average Bonchev–Trinajstić information content (AvgIpc) is 2.64. The Morgan fingerprint density at radius 1 is 1.23 bits per heavy atom. The number of allylic oxidation sites excluding steroid dienone is 1. The predicted octanol–water partition coefficient (Wildman–Crippen LogP) is 4.40. The number of hydrogen-bond donors (Lipinski definition) is 1. The van der Waals surface area contributed by atoms with Crippen LogP contribution in [0.5, 0.6) is 0 Å².